The van der Waals surface area contributed by atoms with E-state index >= 15 is 0 Å². The third-order valence-corrected chi connectivity index (χ3v) is 3.25. The molecule has 1 aromatic carbocycles. The molecule has 1 amide bonds. The number of nitrogens with zero attached hydrogens (tertiary/aromatic N) is 1. The van der Waals surface area contributed by atoms with Crippen LogP contribution in [0.1, 0.15) is 27.0 Å². The standard InChI is InChI=1S/C15H16FN3O/c1-9-3-4-18-7-12(9)8-19-14-6-11(15(17)20)5-13(16)10(14)2/h3-7,19H,8H2,1-2H3,(H2,17,20). The van der Waals surface area contributed by atoms with E-state index in [2.05, 4.69) is 10.3 Å². The molecule has 104 valence electrons. The number of anilines is 1. The predicted molar refractivity (Wildman–Crippen MR) is 76.0 cm³/mol. The van der Waals surface area contributed by atoms with Crippen LogP contribution in [0.3, 0.4) is 0 Å². The van der Waals surface area contributed by atoms with Crippen molar-refractivity contribution in [1.29, 1.82) is 0 Å². The molecule has 2 aromatic rings. The number of carbonyl (C=O) groups is 1. The van der Waals surface area contributed by atoms with Crippen LogP contribution in [0.25, 0.3) is 0 Å². The summed E-state index contributed by atoms with van der Waals surface area (Å²) in [5.41, 5.74) is 8.46. The van der Waals surface area contributed by atoms with Gasteiger partial charge >= 0.3 is 0 Å². The summed E-state index contributed by atoms with van der Waals surface area (Å²) < 4.78 is 13.7. The van der Waals surface area contributed by atoms with E-state index in [-0.39, 0.29) is 5.56 Å². The van der Waals surface area contributed by atoms with Gasteiger partial charge in [-0.15, -0.1) is 0 Å². The molecule has 0 spiro atoms. The van der Waals surface area contributed by atoms with E-state index in [0.717, 1.165) is 17.2 Å². The van der Waals surface area contributed by atoms with Crippen molar-refractivity contribution in [3.05, 3.63) is 58.7 Å². The summed E-state index contributed by atoms with van der Waals surface area (Å²) in [5.74, 6) is -1.10. The first-order chi connectivity index (χ1) is 9.49. The maximum Gasteiger partial charge on any atom is 0.248 e. The number of rotatable bonds is 4. The molecule has 0 saturated heterocycles. The fourth-order valence-electron chi connectivity index (χ4n) is 1.88. The number of nitrogens with one attached hydrogen (secondary N) is 1. The molecular formula is C15H16FN3O. The quantitative estimate of drug-likeness (QED) is 0.899. The molecule has 0 aliphatic carbocycles. The average molecular weight is 273 g/mol. The molecule has 0 fully saturated rings. The Hall–Kier alpha value is -2.43. The lowest BCUT2D eigenvalue weighted by atomic mass is 10.1. The van der Waals surface area contributed by atoms with E-state index in [9.17, 15) is 9.18 Å². The zero-order chi connectivity index (χ0) is 14.7. The van der Waals surface area contributed by atoms with Gasteiger partial charge in [0.25, 0.3) is 0 Å². The summed E-state index contributed by atoms with van der Waals surface area (Å²) in [6.45, 7) is 4.13. The van der Waals surface area contributed by atoms with Gasteiger partial charge in [-0.25, -0.2) is 4.39 Å². The third-order valence-electron chi connectivity index (χ3n) is 3.25. The maximum absolute atomic E-state index is 13.7. The van der Waals surface area contributed by atoms with E-state index in [1.165, 1.54) is 0 Å². The summed E-state index contributed by atoms with van der Waals surface area (Å²) in [6, 6.07) is 4.62. The van der Waals surface area contributed by atoms with Crippen LogP contribution < -0.4 is 11.1 Å². The topological polar surface area (TPSA) is 68.0 Å². The van der Waals surface area contributed by atoms with Crippen molar-refractivity contribution >= 4 is 11.6 Å². The molecule has 0 saturated carbocycles. The number of nitrogens with two attached hydrogens (primary N) is 1. The van der Waals surface area contributed by atoms with Gasteiger partial charge in [-0.3, -0.25) is 9.78 Å². The lowest BCUT2D eigenvalue weighted by Gasteiger charge is -2.12. The highest BCUT2D eigenvalue weighted by molar-refractivity contribution is 5.94. The van der Waals surface area contributed by atoms with Gasteiger partial charge in [0.15, 0.2) is 0 Å². The Morgan fingerprint density at radius 3 is 2.80 bits per heavy atom. The predicted octanol–water partition coefficient (Wildman–Crippen LogP) is 2.55. The number of aromatic nitrogens is 1. The zero-order valence-electron chi connectivity index (χ0n) is 11.4. The van der Waals surface area contributed by atoms with Crippen LogP contribution in [0.5, 0.6) is 0 Å². The molecule has 0 aliphatic heterocycles. The Labute approximate surface area is 116 Å². The lowest BCUT2D eigenvalue weighted by Crippen LogP contribution is -2.13. The highest BCUT2D eigenvalue weighted by Gasteiger charge is 2.10. The van der Waals surface area contributed by atoms with Gasteiger partial charge in [0.1, 0.15) is 5.82 Å². The Morgan fingerprint density at radius 2 is 2.15 bits per heavy atom. The number of hydrogen-bond donors (Lipinski definition) is 2. The average Bonchev–Trinajstić information content (AvgIpc) is 2.41. The molecule has 0 bridgehead atoms. The second kappa shape index (κ2) is 5.69. The van der Waals surface area contributed by atoms with Gasteiger partial charge in [0, 0.05) is 35.8 Å². The van der Waals surface area contributed by atoms with E-state index < -0.39 is 11.7 Å². The van der Waals surface area contributed by atoms with E-state index in [1.807, 2.05) is 13.0 Å². The first-order valence-corrected chi connectivity index (χ1v) is 6.22. The normalized spacial score (nSPS) is 10.3. The zero-order valence-corrected chi connectivity index (χ0v) is 11.4. The largest absolute Gasteiger partial charge is 0.381 e. The minimum Gasteiger partial charge on any atom is -0.381 e. The van der Waals surface area contributed by atoms with Crippen molar-refractivity contribution < 1.29 is 9.18 Å². The highest BCUT2D eigenvalue weighted by Crippen LogP contribution is 2.21. The molecule has 0 radical (unpaired) electrons. The van der Waals surface area contributed by atoms with Crippen molar-refractivity contribution in [2.75, 3.05) is 5.32 Å². The number of hydrogen-bond acceptors (Lipinski definition) is 3. The molecule has 1 aromatic heterocycles. The van der Waals surface area contributed by atoms with Crippen molar-refractivity contribution in [2.24, 2.45) is 5.73 Å². The van der Waals surface area contributed by atoms with Crippen molar-refractivity contribution in [1.82, 2.24) is 4.98 Å². The molecule has 2 rings (SSSR count). The number of primary amides is 1. The highest BCUT2D eigenvalue weighted by atomic mass is 19.1. The fourth-order valence-corrected chi connectivity index (χ4v) is 1.88. The van der Waals surface area contributed by atoms with Crippen LogP contribution in [0, 0.1) is 19.7 Å². The van der Waals surface area contributed by atoms with Crippen molar-refractivity contribution in [3.8, 4) is 0 Å². The summed E-state index contributed by atoms with van der Waals surface area (Å²) in [7, 11) is 0. The van der Waals surface area contributed by atoms with Gasteiger partial charge in [-0.2, -0.15) is 0 Å². The third kappa shape index (κ3) is 2.93. The molecule has 20 heavy (non-hydrogen) atoms. The van der Waals surface area contributed by atoms with E-state index in [0.29, 0.717) is 17.8 Å². The summed E-state index contributed by atoms with van der Waals surface area (Å²) >= 11 is 0. The van der Waals surface area contributed by atoms with Crippen LogP contribution >= 0.6 is 0 Å². The Balaban J connectivity index is 2.25. The van der Waals surface area contributed by atoms with Crippen molar-refractivity contribution in [2.45, 2.75) is 20.4 Å². The summed E-state index contributed by atoms with van der Waals surface area (Å²) in [6.07, 6.45) is 3.48. The van der Waals surface area contributed by atoms with Crippen LogP contribution in [-0.2, 0) is 6.54 Å². The minimum absolute atomic E-state index is 0.151. The Bertz CT molecular complexity index is 656. The van der Waals surface area contributed by atoms with Crippen LogP contribution in [0.4, 0.5) is 10.1 Å². The minimum atomic E-state index is -0.649. The number of aryl methyl sites for hydroxylation is 1. The molecular weight excluding hydrogens is 257 g/mol. The van der Waals surface area contributed by atoms with Crippen molar-refractivity contribution in [3.63, 3.8) is 0 Å². The Morgan fingerprint density at radius 1 is 1.40 bits per heavy atom. The number of carbonyl (C=O) groups excluding carboxylic acids is 1. The summed E-state index contributed by atoms with van der Waals surface area (Å²) in [5, 5.41) is 3.12. The molecule has 5 heteroatoms. The summed E-state index contributed by atoms with van der Waals surface area (Å²) in [4.78, 5) is 15.2. The van der Waals surface area contributed by atoms with Gasteiger partial charge in [-0.05, 0) is 43.2 Å². The number of pyridine rings is 1. The van der Waals surface area contributed by atoms with E-state index in [1.54, 1.807) is 25.4 Å². The maximum atomic E-state index is 13.7. The monoisotopic (exact) mass is 273 g/mol. The van der Waals surface area contributed by atoms with Crippen LogP contribution in [-0.4, -0.2) is 10.9 Å². The second-order valence-corrected chi connectivity index (χ2v) is 4.65. The van der Waals surface area contributed by atoms with Crippen LogP contribution in [0.2, 0.25) is 0 Å². The van der Waals surface area contributed by atoms with Gasteiger partial charge in [0.2, 0.25) is 5.91 Å². The first-order valence-electron chi connectivity index (χ1n) is 6.22. The molecule has 0 atom stereocenters. The Kier molecular flexibility index (Phi) is 3.98. The molecule has 1 heterocycles. The van der Waals surface area contributed by atoms with E-state index in [4.69, 9.17) is 5.73 Å². The van der Waals surface area contributed by atoms with Gasteiger partial charge in [-0.1, -0.05) is 0 Å². The first kappa shape index (κ1) is 14.0. The molecule has 3 N–H and O–H groups in total. The molecule has 4 nitrogen and oxygen atoms in total. The number of benzene rings is 1. The van der Waals surface area contributed by atoms with Gasteiger partial charge in [0.05, 0.1) is 0 Å². The van der Waals surface area contributed by atoms with Gasteiger partial charge < -0.3 is 11.1 Å². The second-order valence-electron chi connectivity index (χ2n) is 4.65. The number of halogens is 1. The van der Waals surface area contributed by atoms with Crippen LogP contribution in [0.15, 0.2) is 30.6 Å². The number of amides is 1. The molecule has 0 unspecified atom stereocenters. The SMILES string of the molecule is Cc1ccncc1CNc1cc(C(N)=O)cc(F)c1C. The fraction of sp³-hybridized carbons (Fsp3) is 0.200. The smallest absolute Gasteiger partial charge is 0.248 e. The molecule has 0 aliphatic rings. The lowest BCUT2D eigenvalue weighted by molar-refractivity contribution is 0.1000.